The van der Waals surface area contributed by atoms with E-state index < -0.39 is 0 Å². The molecule has 0 bridgehead atoms. The first-order valence-electron chi connectivity index (χ1n) is 3.94. The lowest BCUT2D eigenvalue weighted by Crippen LogP contribution is -2.01. The highest BCUT2D eigenvalue weighted by atomic mass is 16.5. The molecule has 0 aromatic heterocycles. The molecule has 0 N–H and O–H groups in total. The average molecular weight is 193 g/mol. The van der Waals surface area contributed by atoms with Crippen molar-refractivity contribution in [2.75, 3.05) is 7.11 Å². The number of rotatable bonds is 4. The van der Waals surface area contributed by atoms with Crippen LogP contribution >= 0.6 is 0 Å². The van der Waals surface area contributed by atoms with Crippen LogP contribution in [0.25, 0.3) is 0 Å². The predicted molar refractivity (Wildman–Crippen MR) is 48.3 cm³/mol. The number of carbonyl (C=O) groups excluding carboxylic acids is 2. The van der Waals surface area contributed by atoms with Crippen molar-refractivity contribution in [2.24, 2.45) is 0 Å². The number of carbonyl (C=O) groups is 1. The zero-order valence-corrected chi connectivity index (χ0v) is 7.65. The van der Waals surface area contributed by atoms with Crippen LogP contribution in [0.15, 0.2) is 24.3 Å². The molecule has 0 heterocycles. The Kier molecular flexibility index (Phi) is 3.67. The van der Waals surface area contributed by atoms with Gasteiger partial charge in [-0.2, -0.15) is 0 Å². The molecule has 0 aliphatic rings. The Morgan fingerprint density at radius 1 is 1.36 bits per heavy atom. The van der Waals surface area contributed by atoms with Gasteiger partial charge in [0, 0.05) is 0 Å². The van der Waals surface area contributed by atoms with Crippen LogP contribution in [0, 0.1) is 0 Å². The Hall–Kier alpha value is -1.84. The number of hydrogen-bond donors (Lipinski definition) is 0. The second-order valence-electron chi connectivity index (χ2n) is 2.56. The van der Waals surface area contributed by atoms with Crippen molar-refractivity contribution >= 4 is 12.4 Å². The fraction of sp³-hybridized carbons (Fsp3) is 0.200. The van der Waals surface area contributed by atoms with Crippen LogP contribution in [-0.2, 0) is 20.9 Å². The molecule has 0 saturated carbocycles. The monoisotopic (exact) mass is 193 g/mol. The van der Waals surface area contributed by atoms with E-state index in [1.165, 1.54) is 13.6 Å². The molecule has 14 heavy (non-hydrogen) atoms. The summed E-state index contributed by atoms with van der Waals surface area (Å²) in [6.07, 6.45) is 0. The first-order chi connectivity index (χ1) is 6.77. The van der Waals surface area contributed by atoms with Crippen molar-refractivity contribution in [1.29, 1.82) is 0 Å². The summed E-state index contributed by atoms with van der Waals surface area (Å²) in [6, 6.07) is 6.58. The second-order valence-corrected chi connectivity index (χ2v) is 2.56. The van der Waals surface area contributed by atoms with E-state index >= 15 is 0 Å². The van der Waals surface area contributed by atoms with Gasteiger partial charge in [0.15, 0.2) is 0 Å². The van der Waals surface area contributed by atoms with E-state index in [9.17, 15) is 9.59 Å². The third-order valence-electron chi connectivity index (χ3n) is 1.67. The topological polar surface area (TPSA) is 52.6 Å². The van der Waals surface area contributed by atoms with E-state index in [1.807, 2.05) is 0 Å². The largest absolute Gasteiger partial charge is 0.465 e. The maximum absolute atomic E-state index is 11.0. The number of esters is 1. The molecule has 4 heteroatoms. The summed E-state index contributed by atoms with van der Waals surface area (Å²) in [6.45, 7) is 1.48. The Balaban J connectivity index is 2.68. The molecule has 0 aliphatic carbocycles. The minimum absolute atomic E-state index is 0.158. The predicted octanol–water partition coefficient (Wildman–Crippen LogP) is 1.06. The van der Waals surface area contributed by atoms with Gasteiger partial charge >= 0.3 is 12.4 Å². The number of ether oxygens (including phenoxy) is 2. The van der Waals surface area contributed by atoms with Crippen molar-refractivity contribution in [3.8, 4) is 0 Å². The lowest BCUT2D eigenvalue weighted by molar-refractivity contribution is 0.0600. The molecule has 73 valence electrons. The maximum Gasteiger partial charge on any atom is 0.417 e. The zero-order valence-electron chi connectivity index (χ0n) is 7.65. The van der Waals surface area contributed by atoms with Crippen molar-refractivity contribution in [3.63, 3.8) is 0 Å². The summed E-state index contributed by atoms with van der Waals surface area (Å²) >= 11 is 0. The molecule has 0 saturated heterocycles. The van der Waals surface area contributed by atoms with Crippen LogP contribution in [0.2, 0.25) is 0 Å². The molecule has 0 atom stereocenters. The van der Waals surface area contributed by atoms with Gasteiger partial charge in [-0.05, 0) is 17.7 Å². The standard InChI is InChI=1S/C10H9O4/c1-13-10(12)9-4-2-8(3-5-9)6-14-7-11/h2-5H,6H2,1H3. The van der Waals surface area contributed by atoms with Crippen LogP contribution < -0.4 is 0 Å². The molecule has 0 spiro atoms. The molecule has 4 nitrogen and oxygen atoms in total. The molecule has 1 aromatic rings. The van der Waals surface area contributed by atoms with Crippen molar-refractivity contribution in [3.05, 3.63) is 35.4 Å². The quantitative estimate of drug-likeness (QED) is 0.671. The van der Waals surface area contributed by atoms with E-state index in [2.05, 4.69) is 9.47 Å². The molecular formula is C10H9O4. The van der Waals surface area contributed by atoms with E-state index in [1.54, 1.807) is 24.3 Å². The van der Waals surface area contributed by atoms with E-state index in [-0.39, 0.29) is 12.6 Å². The third-order valence-corrected chi connectivity index (χ3v) is 1.67. The summed E-state index contributed by atoms with van der Waals surface area (Å²) in [5, 5.41) is 0. The Labute approximate surface area is 81.4 Å². The normalized spacial score (nSPS) is 9.21. The molecule has 1 rings (SSSR count). The highest BCUT2D eigenvalue weighted by Gasteiger charge is 2.03. The minimum atomic E-state index is -0.389. The molecular weight excluding hydrogens is 184 g/mol. The number of methoxy groups -OCH3 is 1. The summed E-state index contributed by atoms with van der Waals surface area (Å²) in [7, 11) is 1.32. The highest BCUT2D eigenvalue weighted by molar-refractivity contribution is 5.89. The molecule has 1 radical (unpaired) electrons. The van der Waals surface area contributed by atoms with Crippen LogP contribution in [0.5, 0.6) is 0 Å². The lowest BCUT2D eigenvalue weighted by atomic mass is 10.1. The fourth-order valence-corrected chi connectivity index (χ4v) is 0.968. The van der Waals surface area contributed by atoms with Gasteiger partial charge < -0.3 is 9.47 Å². The third kappa shape index (κ3) is 2.58. The average Bonchev–Trinajstić information content (AvgIpc) is 2.26. The minimum Gasteiger partial charge on any atom is -0.465 e. The van der Waals surface area contributed by atoms with Gasteiger partial charge in [0.1, 0.15) is 6.61 Å². The van der Waals surface area contributed by atoms with Crippen LogP contribution in [0.1, 0.15) is 15.9 Å². The zero-order chi connectivity index (χ0) is 10.4. The summed E-state index contributed by atoms with van der Waals surface area (Å²) in [5.74, 6) is -0.389. The van der Waals surface area contributed by atoms with Gasteiger partial charge in [0.2, 0.25) is 0 Å². The van der Waals surface area contributed by atoms with Crippen LogP contribution in [0.3, 0.4) is 0 Å². The van der Waals surface area contributed by atoms with Crippen molar-refractivity contribution in [1.82, 2.24) is 0 Å². The summed E-state index contributed by atoms with van der Waals surface area (Å²) in [5.41, 5.74) is 1.26. The number of benzene rings is 1. The Morgan fingerprint density at radius 3 is 2.50 bits per heavy atom. The smallest absolute Gasteiger partial charge is 0.417 e. The first kappa shape index (κ1) is 10.2. The second kappa shape index (κ2) is 5.01. The molecule has 0 unspecified atom stereocenters. The molecule has 1 aromatic carbocycles. The van der Waals surface area contributed by atoms with Crippen LogP contribution in [0.4, 0.5) is 0 Å². The first-order valence-corrected chi connectivity index (χ1v) is 3.94. The van der Waals surface area contributed by atoms with Gasteiger partial charge in [-0.15, -0.1) is 0 Å². The Morgan fingerprint density at radius 2 is 2.00 bits per heavy atom. The van der Waals surface area contributed by atoms with Gasteiger partial charge in [-0.1, -0.05) is 12.1 Å². The van der Waals surface area contributed by atoms with Crippen LogP contribution in [-0.4, -0.2) is 19.6 Å². The van der Waals surface area contributed by atoms with E-state index in [4.69, 9.17) is 0 Å². The van der Waals surface area contributed by atoms with Gasteiger partial charge in [-0.25, -0.2) is 9.59 Å². The van der Waals surface area contributed by atoms with Gasteiger partial charge in [0.25, 0.3) is 0 Å². The van der Waals surface area contributed by atoms with E-state index in [0.717, 1.165) is 5.56 Å². The van der Waals surface area contributed by atoms with E-state index in [0.29, 0.717) is 5.56 Å². The number of hydrogen-bond acceptors (Lipinski definition) is 4. The maximum atomic E-state index is 11.0. The van der Waals surface area contributed by atoms with Gasteiger partial charge in [0.05, 0.1) is 12.7 Å². The summed E-state index contributed by atoms with van der Waals surface area (Å²) < 4.78 is 8.95. The lowest BCUT2D eigenvalue weighted by Gasteiger charge is -2.01. The van der Waals surface area contributed by atoms with Crippen molar-refractivity contribution < 1.29 is 19.1 Å². The Bertz CT molecular complexity index is 315. The molecule has 0 amide bonds. The highest BCUT2D eigenvalue weighted by Crippen LogP contribution is 2.06. The van der Waals surface area contributed by atoms with Gasteiger partial charge in [-0.3, -0.25) is 0 Å². The molecule has 0 fully saturated rings. The van der Waals surface area contributed by atoms with Crippen molar-refractivity contribution in [2.45, 2.75) is 6.61 Å². The SMILES string of the molecule is COC(=O)c1ccc(CO[C]=O)cc1. The molecule has 0 aliphatic heterocycles. The fourth-order valence-electron chi connectivity index (χ4n) is 0.968. The summed E-state index contributed by atoms with van der Waals surface area (Å²) in [4.78, 5) is 20.8.